The van der Waals surface area contributed by atoms with Gasteiger partial charge in [0.2, 0.25) is 0 Å². The Balaban J connectivity index is 0.00000312. The molecule has 0 spiro atoms. The zero-order valence-electron chi connectivity index (χ0n) is 15.7. The number of hydrogen-bond donors (Lipinski definition) is 2. The van der Waals surface area contributed by atoms with Crippen molar-refractivity contribution in [3.8, 4) is 0 Å². The molecule has 1 fully saturated rings. The van der Waals surface area contributed by atoms with E-state index in [2.05, 4.69) is 53.2 Å². The molecule has 2 unspecified atom stereocenters. The maximum absolute atomic E-state index is 5.52. The van der Waals surface area contributed by atoms with E-state index in [9.17, 15) is 0 Å². The lowest BCUT2D eigenvalue weighted by atomic mass is 10.2. The third-order valence-electron chi connectivity index (χ3n) is 4.22. The van der Waals surface area contributed by atoms with E-state index in [1.165, 1.54) is 4.88 Å². The smallest absolute Gasteiger partial charge is 0.191 e. The summed E-state index contributed by atoms with van der Waals surface area (Å²) < 4.78 is 5.52. The molecule has 1 aromatic heterocycles. The largest absolute Gasteiger partial charge is 0.379 e. The quantitative estimate of drug-likeness (QED) is 0.356. The molecule has 2 rings (SSSR count). The molecule has 0 saturated carbocycles. The minimum absolute atomic E-state index is 0. The van der Waals surface area contributed by atoms with Gasteiger partial charge in [0.1, 0.15) is 5.01 Å². The number of ether oxygens (including phenoxy) is 1. The molecule has 144 valence electrons. The van der Waals surface area contributed by atoms with E-state index < -0.39 is 0 Å². The fourth-order valence-electron chi connectivity index (χ4n) is 2.83. The summed E-state index contributed by atoms with van der Waals surface area (Å²) in [7, 11) is 0. The van der Waals surface area contributed by atoms with E-state index in [1.54, 1.807) is 11.3 Å². The molecule has 0 aliphatic carbocycles. The highest BCUT2D eigenvalue weighted by Crippen LogP contribution is 2.14. The predicted octanol–water partition coefficient (Wildman–Crippen LogP) is 2.49. The van der Waals surface area contributed by atoms with Crippen molar-refractivity contribution in [1.82, 2.24) is 20.5 Å². The summed E-state index contributed by atoms with van der Waals surface area (Å²) in [5, 5.41) is 7.85. The van der Waals surface area contributed by atoms with Crippen LogP contribution >= 0.6 is 35.3 Å². The number of aliphatic imine (C=N–C) groups is 1. The Labute approximate surface area is 172 Å². The number of morpholine rings is 1. The van der Waals surface area contributed by atoms with Crippen LogP contribution in [-0.2, 0) is 17.7 Å². The number of guanidine groups is 1. The lowest BCUT2D eigenvalue weighted by molar-refractivity contribution is -0.0174. The van der Waals surface area contributed by atoms with Gasteiger partial charge in [-0.3, -0.25) is 4.90 Å². The van der Waals surface area contributed by atoms with Gasteiger partial charge in [0.25, 0.3) is 0 Å². The Hall–Kier alpha value is -0.450. The first kappa shape index (κ1) is 22.6. The van der Waals surface area contributed by atoms with Crippen LogP contribution in [0.5, 0.6) is 0 Å². The second kappa shape index (κ2) is 12.0. The van der Waals surface area contributed by atoms with Crippen LogP contribution in [0.2, 0.25) is 0 Å². The van der Waals surface area contributed by atoms with Crippen molar-refractivity contribution in [3.05, 3.63) is 16.1 Å². The number of halogens is 1. The number of thiazole rings is 1. The molecule has 25 heavy (non-hydrogen) atoms. The zero-order valence-corrected chi connectivity index (χ0v) is 18.9. The average molecular weight is 481 g/mol. The van der Waals surface area contributed by atoms with Crippen LogP contribution < -0.4 is 10.6 Å². The van der Waals surface area contributed by atoms with Gasteiger partial charge in [0, 0.05) is 42.8 Å². The van der Waals surface area contributed by atoms with Crippen LogP contribution in [0.25, 0.3) is 0 Å². The van der Waals surface area contributed by atoms with E-state index in [0.29, 0.717) is 18.6 Å². The van der Waals surface area contributed by atoms with Gasteiger partial charge in [-0.1, -0.05) is 6.92 Å². The molecule has 0 bridgehead atoms. The maximum atomic E-state index is 5.52. The molecule has 2 heterocycles. The first-order valence-electron chi connectivity index (χ1n) is 8.93. The number of hydrogen-bond acceptors (Lipinski definition) is 5. The normalized spacial score (nSPS) is 20.0. The van der Waals surface area contributed by atoms with E-state index in [-0.39, 0.29) is 24.0 Å². The summed E-state index contributed by atoms with van der Waals surface area (Å²) in [4.78, 5) is 12.9. The van der Waals surface area contributed by atoms with Crippen LogP contribution in [0.3, 0.4) is 0 Å². The Bertz CT molecular complexity index is 525. The van der Waals surface area contributed by atoms with Gasteiger partial charge in [-0.05, 0) is 27.2 Å². The Morgan fingerprint density at radius 2 is 2.28 bits per heavy atom. The molecular formula is C17H32IN5OS. The van der Waals surface area contributed by atoms with E-state index >= 15 is 0 Å². The molecule has 2 N–H and O–H groups in total. The number of aryl methyl sites for hydroxylation is 1. The summed E-state index contributed by atoms with van der Waals surface area (Å²) in [5.74, 6) is 0.860. The van der Waals surface area contributed by atoms with Crippen molar-refractivity contribution in [1.29, 1.82) is 0 Å². The topological polar surface area (TPSA) is 61.8 Å². The van der Waals surface area contributed by atoms with E-state index in [4.69, 9.17) is 4.74 Å². The van der Waals surface area contributed by atoms with Gasteiger partial charge in [0.05, 0.1) is 19.8 Å². The van der Waals surface area contributed by atoms with Crippen molar-refractivity contribution in [3.63, 3.8) is 0 Å². The minimum Gasteiger partial charge on any atom is -0.379 e. The number of nitrogens with one attached hydrogen (secondary N) is 2. The molecule has 1 aliphatic heterocycles. The van der Waals surface area contributed by atoms with Gasteiger partial charge >= 0.3 is 0 Å². The summed E-state index contributed by atoms with van der Waals surface area (Å²) in [6.45, 7) is 13.7. The first-order valence-corrected chi connectivity index (χ1v) is 9.74. The number of aromatic nitrogens is 1. The number of nitrogens with zero attached hydrogens (tertiary/aromatic N) is 3. The standard InChI is InChI=1S/C17H31N5OS.HI/c1-5-15-10-19-16(24-15)11-21-17(18-6-2)20-9-13(3)22-7-8-23-12-14(22)4;/h10,13-14H,5-9,11-12H2,1-4H3,(H2,18,20,21);1H. The Morgan fingerprint density at radius 1 is 1.48 bits per heavy atom. The molecule has 1 aromatic rings. The highest BCUT2D eigenvalue weighted by atomic mass is 127. The van der Waals surface area contributed by atoms with Crippen molar-refractivity contribution < 1.29 is 4.74 Å². The van der Waals surface area contributed by atoms with Gasteiger partial charge in [-0.15, -0.1) is 35.3 Å². The van der Waals surface area contributed by atoms with Crippen molar-refractivity contribution in [2.75, 3.05) is 32.8 Å². The number of rotatable bonds is 7. The van der Waals surface area contributed by atoms with Crippen LogP contribution in [0.4, 0.5) is 0 Å². The minimum atomic E-state index is 0. The Kier molecular flexibility index (Phi) is 10.9. The van der Waals surface area contributed by atoms with Crippen LogP contribution in [-0.4, -0.2) is 60.8 Å². The van der Waals surface area contributed by atoms with Crippen molar-refractivity contribution in [2.45, 2.75) is 52.7 Å². The summed E-state index contributed by atoms with van der Waals surface area (Å²) in [6.07, 6.45) is 2.99. The average Bonchev–Trinajstić information content (AvgIpc) is 3.05. The molecular weight excluding hydrogens is 449 g/mol. The second-order valence-electron chi connectivity index (χ2n) is 6.16. The zero-order chi connectivity index (χ0) is 17.4. The van der Waals surface area contributed by atoms with Gasteiger partial charge in [-0.2, -0.15) is 0 Å². The van der Waals surface area contributed by atoms with Gasteiger partial charge in [0.15, 0.2) is 5.96 Å². The summed E-state index contributed by atoms with van der Waals surface area (Å²) in [5.41, 5.74) is 0. The SMILES string of the molecule is CCNC(=NCc1ncc(CC)s1)NCC(C)N1CCOCC1C.I. The molecule has 1 aliphatic rings. The summed E-state index contributed by atoms with van der Waals surface area (Å²) in [6, 6.07) is 0.914. The molecule has 1 saturated heterocycles. The Morgan fingerprint density at radius 3 is 2.92 bits per heavy atom. The maximum Gasteiger partial charge on any atom is 0.191 e. The fourth-order valence-corrected chi connectivity index (χ4v) is 3.62. The first-order chi connectivity index (χ1) is 11.6. The van der Waals surface area contributed by atoms with Crippen molar-refractivity contribution in [2.24, 2.45) is 4.99 Å². The van der Waals surface area contributed by atoms with Crippen LogP contribution in [0.15, 0.2) is 11.2 Å². The molecule has 6 nitrogen and oxygen atoms in total. The molecule has 0 aromatic carbocycles. The third kappa shape index (κ3) is 7.36. The highest BCUT2D eigenvalue weighted by Gasteiger charge is 2.23. The highest BCUT2D eigenvalue weighted by molar-refractivity contribution is 14.0. The molecule has 0 radical (unpaired) electrons. The van der Waals surface area contributed by atoms with Crippen molar-refractivity contribution >= 4 is 41.3 Å². The van der Waals surface area contributed by atoms with Crippen LogP contribution in [0, 0.1) is 0 Å². The van der Waals surface area contributed by atoms with Crippen LogP contribution in [0.1, 0.15) is 37.6 Å². The lowest BCUT2D eigenvalue weighted by Gasteiger charge is -2.38. The van der Waals surface area contributed by atoms with Gasteiger partial charge < -0.3 is 15.4 Å². The lowest BCUT2D eigenvalue weighted by Crippen LogP contribution is -2.53. The molecule has 8 heteroatoms. The van der Waals surface area contributed by atoms with Gasteiger partial charge in [-0.25, -0.2) is 9.98 Å². The third-order valence-corrected chi connectivity index (χ3v) is 5.34. The molecule has 0 amide bonds. The fraction of sp³-hybridized carbons (Fsp3) is 0.765. The van der Waals surface area contributed by atoms with E-state index in [1.807, 2.05) is 6.20 Å². The second-order valence-corrected chi connectivity index (χ2v) is 7.36. The molecule has 2 atom stereocenters. The monoisotopic (exact) mass is 481 g/mol. The predicted molar refractivity (Wildman–Crippen MR) is 116 cm³/mol. The van der Waals surface area contributed by atoms with E-state index in [0.717, 1.165) is 50.2 Å². The summed E-state index contributed by atoms with van der Waals surface area (Å²) >= 11 is 1.74.